The highest BCUT2D eigenvalue weighted by Gasteiger charge is 2.34. The van der Waals surface area contributed by atoms with Crippen molar-refractivity contribution in [3.05, 3.63) is 65.7 Å². The van der Waals surface area contributed by atoms with Gasteiger partial charge in [0.15, 0.2) is 9.84 Å². The lowest BCUT2D eigenvalue weighted by molar-refractivity contribution is -0.128. The van der Waals surface area contributed by atoms with E-state index in [0.717, 1.165) is 22.6 Å². The first kappa shape index (κ1) is 21.9. The highest BCUT2D eigenvalue weighted by Crippen LogP contribution is 2.22. The van der Waals surface area contributed by atoms with E-state index in [1.54, 1.807) is 18.1 Å². The van der Waals surface area contributed by atoms with Gasteiger partial charge in [0.1, 0.15) is 5.75 Å². The molecule has 1 heterocycles. The lowest BCUT2D eigenvalue weighted by Crippen LogP contribution is -2.39. The molecule has 0 aromatic heterocycles. The number of benzene rings is 2. The Morgan fingerprint density at radius 2 is 1.77 bits per heavy atom. The Kier molecular flexibility index (Phi) is 6.82. The molecule has 2 aromatic rings. The van der Waals surface area contributed by atoms with Crippen molar-refractivity contribution in [3.63, 3.8) is 0 Å². The van der Waals surface area contributed by atoms with Crippen molar-refractivity contribution < 1.29 is 17.9 Å². The molecule has 0 aliphatic carbocycles. The van der Waals surface area contributed by atoms with E-state index in [-0.39, 0.29) is 23.5 Å². The summed E-state index contributed by atoms with van der Waals surface area (Å²) >= 11 is 0. The molecule has 1 fully saturated rings. The number of amides is 1. The van der Waals surface area contributed by atoms with Gasteiger partial charge >= 0.3 is 0 Å². The summed E-state index contributed by atoms with van der Waals surface area (Å²) in [6.07, 6.45) is 3.73. The van der Waals surface area contributed by atoms with E-state index < -0.39 is 9.84 Å². The lowest BCUT2D eigenvalue weighted by Gasteiger charge is -2.27. The number of nitrogens with zero attached hydrogens (tertiary/aromatic N) is 2. The van der Waals surface area contributed by atoms with Crippen molar-refractivity contribution in [2.45, 2.75) is 19.0 Å². The molecule has 0 N–H and O–H groups in total. The Balaban J connectivity index is 1.79. The maximum atomic E-state index is 13.0. The number of carbonyl (C=O) groups is 1. The smallest absolute Gasteiger partial charge is 0.247 e. The van der Waals surface area contributed by atoms with Crippen LogP contribution in [0.25, 0.3) is 6.08 Å². The van der Waals surface area contributed by atoms with E-state index in [9.17, 15) is 13.2 Å². The summed E-state index contributed by atoms with van der Waals surface area (Å²) in [4.78, 5) is 16.7. The van der Waals surface area contributed by atoms with Crippen molar-refractivity contribution in [1.29, 1.82) is 0 Å². The minimum absolute atomic E-state index is 0.0187. The number of carbonyl (C=O) groups excluding carboxylic acids is 1. The molecule has 1 unspecified atom stereocenters. The number of sulfone groups is 1. The van der Waals surface area contributed by atoms with E-state index in [0.29, 0.717) is 13.0 Å². The van der Waals surface area contributed by atoms with Crippen LogP contribution in [-0.4, -0.2) is 58.0 Å². The number of anilines is 1. The zero-order chi connectivity index (χ0) is 21.7. The SMILES string of the molecule is COc1ccc(C=CC(=O)N(Cc2ccc(N(C)C)cc2)C2CCS(=O)(=O)C2)cc1. The number of rotatable bonds is 7. The standard InChI is InChI=1S/C23H28N2O4S/c1-24(2)20-9-4-19(5-10-20)16-25(21-14-15-30(27,28)17-21)23(26)13-8-18-6-11-22(29-3)12-7-18/h4-13,21H,14-17H2,1-3H3. The quantitative estimate of drug-likeness (QED) is 0.635. The molecule has 1 aliphatic rings. The van der Waals surface area contributed by atoms with Crippen molar-refractivity contribution in [2.75, 3.05) is 37.6 Å². The Hall–Kier alpha value is -2.80. The van der Waals surface area contributed by atoms with E-state index in [1.165, 1.54) is 6.08 Å². The average molecular weight is 429 g/mol. The minimum Gasteiger partial charge on any atom is -0.497 e. The Bertz CT molecular complexity index is 997. The first-order valence-corrected chi connectivity index (χ1v) is 11.7. The first-order chi connectivity index (χ1) is 14.3. The second-order valence-electron chi connectivity index (χ2n) is 7.69. The van der Waals surface area contributed by atoms with Gasteiger partial charge in [-0.2, -0.15) is 0 Å². The molecule has 0 bridgehead atoms. The van der Waals surface area contributed by atoms with Gasteiger partial charge in [-0.15, -0.1) is 0 Å². The van der Waals surface area contributed by atoms with Crippen LogP contribution in [0.15, 0.2) is 54.6 Å². The summed E-state index contributed by atoms with van der Waals surface area (Å²) in [6.45, 7) is 0.375. The van der Waals surface area contributed by atoms with Gasteiger partial charge in [0.05, 0.1) is 18.6 Å². The fourth-order valence-corrected chi connectivity index (χ4v) is 5.21. The molecule has 1 atom stereocenters. The summed E-state index contributed by atoms with van der Waals surface area (Å²) in [6, 6.07) is 15.0. The molecule has 0 spiro atoms. The molecule has 7 heteroatoms. The van der Waals surface area contributed by atoms with Crippen LogP contribution < -0.4 is 9.64 Å². The van der Waals surface area contributed by atoms with Crippen molar-refractivity contribution in [1.82, 2.24) is 4.90 Å². The van der Waals surface area contributed by atoms with Crippen LogP contribution in [-0.2, 0) is 21.2 Å². The zero-order valence-electron chi connectivity index (χ0n) is 17.6. The molecule has 1 saturated heterocycles. The molecule has 30 heavy (non-hydrogen) atoms. The van der Waals surface area contributed by atoms with E-state index in [2.05, 4.69) is 0 Å². The molecular formula is C23H28N2O4S. The Morgan fingerprint density at radius 1 is 1.10 bits per heavy atom. The van der Waals surface area contributed by atoms with Gasteiger partial charge in [-0.1, -0.05) is 24.3 Å². The molecular weight excluding hydrogens is 400 g/mol. The zero-order valence-corrected chi connectivity index (χ0v) is 18.4. The fraction of sp³-hybridized carbons (Fsp3) is 0.348. The minimum atomic E-state index is -3.10. The molecule has 3 rings (SSSR count). The van der Waals surface area contributed by atoms with E-state index in [4.69, 9.17) is 4.74 Å². The van der Waals surface area contributed by atoms with Crippen molar-refractivity contribution >= 4 is 27.5 Å². The third-order valence-corrected chi connectivity index (χ3v) is 7.02. The summed E-state index contributed by atoms with van der Waals surface area (Å²) in [5.74, 6) is 0.704. The molecule has 1 amide bonds. The van der Waals surface area contributed by atoms with Gasteiger partial charge in [0.25, 0.3) is 0 Å². The monoisotopic (exact) mass is 428 g/mol. The van der Waals surface area contributed by atoms with Crippen LogP contribution in [0.5, 0.6) is 5.75 Å². The number of hydrogen-bond donors (Lipinski definition) is 0. The average Bonchev–Trinajstić information content (AvgIpc) is 3.10. The second kappa shape index (κ2) is 9.34. The maximum absolute atomic E-state index is 13.0. The summed E-state index contributed by atoms with van der Waals surface area (Å²) in [7, 11) is 2.45. The summed E-state index contributed by atoms with van der Waals surface area (Å²) in [5, 5.41) is 0. The van der Waals surface area contributed by atoms with Crippen molar-refractivity contribution in [2.24, 2.45) is 0 Å². The molecule has 6 nitrogen and oxygen atoms in total. The molecule has 1 aliphatic heterocycles. The second-order valence-corrected chi connectivity index (χ2v) is 9.92. The van der Waals surface area contributed by atoms with Gasteiger partial charge < -0.3 is 14.5 Å². The third kappa shape index (κ3) is 5.63. The molecule has 0 radical (unpaired) electrons. The van der Waals surface area contributed by atoms with Gasteiger partial charge in [-0.05, 0) is 47.9 Å². The molecule has 160 valence electrons. The van der Waals surface area contributed by atoms with Gasteiger partial charge in [-0.25, -0.2) is 8.42 Å². The fourth-order valence-electron chi connectivity index (χ4n) is 3.48. The van der Waals surface area contributed by atoms with Crippen LogP contribution in [0.2, 0.25) is 0 Å². The Labute approximate surface area is 178 Å². The maximum Gasteiger partial charge on any atom is 0.247 e. The topological polar surface area (TPSA) is 66.9 Å². The highest BCUT2D eigenvalue weighted by atomic mass is 32.2. The van der Waals surface area contributed by atoms with Crippen molar-refractivity contribution in [3.8, 4) is 5.75 Å². The number of ether oxygens (including phenoxy) is 1. The molecule has 2 aromatic carbocycles. The van der Waals surface area contributed by atoms with Crippen LogP contribution in [0, 0.1) is 0 Å². The largest absolute Gasteiger partial charge is 0.497 e. The highest BCUT2D eigenvalue weighted by molar-refractivity contribution is 7.91. The van der Waals surface area contributed by atoms with Gasteiger partial charge in [0, 0.05) is 38.4 Å². The number of hydrogen-bond acceptors (Lipinski definition) is 5. The number of methoxy groups -OCH3 is 1. The van der Waals surface area contributed by atoms with E-state index >= 15 is 0 Å². The summed E-state index contributed by atoms with van der Waals surface area (Å²) in [5.41, 5.74) is 2.91. The van der Waals surface area contributed by atoms with Crippen LogP contribution in [0.1, 0.15) is 17.5 Å². The lowest BCUT2D eigenvalue weighted by atomic mass is 10.1. The predicted octanol–water partition coefficient (Wildman–Crippen LogP) is 2.99. The van der Waals surface area contributed by atoms with Gasteiger partial charge in [0.2, 0.25) is 5.91 Å². The third-order valence-electron chi connectivity index (χ3n) is 5.27. The molecule has 0 saturated carbocycles. The van der Waals surface area contributed by atoms with Crippen LogP contribution >= 0.6 is 0 Å². The normalized spacial score (nSPS) is 17.8. The predicted molar refractivity (Wildman–Crippen MR) is 120 cm³/mol. The Morgan fingerprint density at radius 3 is 2.30 bits per heavy atom. The first-order valence-electron chi connectivity index (χ1n) is 9.87. The summed E-state index contributed by atoms with van der Waals surface area (Å²) < 4.78 is 29.2. The van der Waals surface area contributed by atoms with Gasteiger partial charge in [-0.3, -0.25) is 4.79 Å². The van der Waals surface area contributed by atoms with Crippen LogP contribution in [0.3, 0.4) is 0 Å². The van der Waals surface area contributed by atoms with E-state index in [1.807, 2.05) is 67.5 Å². The van der Waals surface area contributed by atoms with Crippen LogP contribution in [0.4, 0.5) is 5.69 Å².